The second-order valence-electron chi connectivity index (χ2n) is 3.71. The molecule has 2 aromatic rings. The maximum Gasteiger partial charge on any atom is 0.255 e. The Morgan fingerprint density at radius 1 is 1.21 bits per heavy atom. The van der Waals surface area contributed by atoms with Crippen LogP contribution in [0.25, 0.3) is 0 Å². The predicted octanol–water partition coefficient (Wildman–Crippen LogP) is 4.48. The number of carbonyl (C=O) groups is 1. The van der Waals surface area contributed by atoms with E-state index >= 15 is 0 Å². The van der Waals surface area contributed by atoms with Gasteiger partial charge in [-0.1, -0.05) is 17.7 Å². The highest BCUT2D eigenvalue weighted by atomic mass is 127. The third kappa shape index (κ3) is 3.42. The average Bonchev–Trinajstić information content (AvgIpc) is 2.33. The van der Waals surface area contributed by atoms with E-state index in [9.17, 15) is 13.6 Å². The van der Waals surface area contributed by atoms with Crippen LogP contribution in [-0.4, -0.2) is 5.91 Å². The third-order valence-corrected chi connectivity index (χ3v) is 3.30. The summed E-state index contributed by atoms with van der Waals surface area (Å²) in [5.41, 5.74) is 0.138. The Kier molecular flexibility index (Phi) is 4.36. The van der Waals surface area contributed by atoms with Crippen molar-refractivity contribution in [2.75, 3.05) is 5.32 Å². The number of hydrogen-bond donors (Lipinski definition) is 1. The van der Waals surface area contributed by atoms with Gasteiger partial charge in [-0.2, -0.15) is 0 Å². The van der Waals surface area contributed by atoms with Gasteiger partial charge in [-0.15, -0.1) is 0 Å². The molecule has 0 aromatic heterocycles. The molecule has 0 aliphatic rings. The summed E-state index contributed by atoms with van der Waals surface area (Å²) in [6.45, 7) is 0. The van der Waals surface area contributed by atoms with Gasteiger partial charge < -0.3 is 5.32 Å². The number of benzene rings is 2. The van der Waals surface area contributed by atoms with Gasteiger partial charge >= 0.3 is 0 Å². The molecule has 0 aliphatic carbocycles. The smallest absolute Gasteiger partial charge is 0.255 e. The highest BCUT2D eigenvalue weighted by molar-refractivity contribution is 14.1. The van der Waals surface area contributed by atoms with Crippen LogP contribution >= 0.6 is 34.2 Å². The van der Waals surface area contributed by atoms with E-state index in [0.717, 1.165) is 9.64 Å². The van der Waals surface area contributed by atoms with E-state index in [1.807, 2.05) is 6.07 Å². The lowest BCUT2D eigenvalue weighted by Crippen LogP contribution is -2.13. The highest BCUT2D eigenvalue weighted by Gasteiger charge is 2.14. The topological polar surface area (TPSA) is 29.1 Å². The van der Waals surface area contributed by atoms with E-state index in [0.29, 0.717) is 11.6 Å². The summed E-state index contributed by atoms with van der Waals surface area (Å²) in [5, 5.41) is 2.15. The van der Waals surface area contributed by atoms with E-state index in [-0.39, 0.29) is 10.7 Å². The molecule has 2 aromatic carbocycles. The van der Waals surface area contributed by atoms with E-state index in [1.54, 1.807) is 18.2 Å². The molecular weight excluding hydrogens is 387 g/mol. The standard InChI is InChI=1S/C13H7ClF2INO/c14-10-5-8(15)6-11(16)12(10)18-13(19)7-2-1-3-9(17)4-7/h1-6H,(H,18,19). The van der Waals surface area contributed by atoms with Crippen LogP contribution in [0.3, 0.4) is 0 Å². The number of rotatable bonds is 2. The Hall–Kier alpha value is -1.21. The van der Waals surface area contributed by atoms with Gasteiger partial charge in [0.25, 0.3) is 5.91 Å². The summed E-state index contributed by atoms with van der Waals surface area (Å²) in [5.74, 6) is -2.22. The number of anilines is 1. The first kappa shape index (κ1) is 14.2. The zero-order valence-corrected chi connectivity index (χ0v) is 12.3. The number of nitrogens with one attached hydrogen (secondary N) is 1. The number of hydrogen-bond acceptors (Lipinski definition) is 1. The van der Waals surface area contributed by atoms with Gasteiger partial charge in [0.15, 0.2) is 5.82 Å². The first-order valence-corrected chi connectivity index (χ1v) is 6.64. The van der Waals surface area contributed by atoms with Gasteiger partial charge in [0.1, 0.15) is 5.82 Å². The zero-order chi connectivity index (χ0) is 14.0. The summed E-state index contributed by atoms with van der Waals surface area (Å²) in [4.78, 5) is 11.9. The fraction of sp³-hybridized carbons (Fsp3) is 0. The quantitative estimate of drug-likeness (QED) is 0.749. The van der Waals surface area contributed by atoms with Crippen LogP contribution in [0.15, 0.2) is 36.4 Å². The van der Waals surface area contributed by atoms with Crippen LogP contribution in [-0.2, 0) is 0 Å². The van der Waals surface area contributed by atoms with Gasteiger partial charge in [0.05, 0.1) is 10.7 Å². The molecule has 0 bridgehead atoms. The van der Waals surface area contributed by atoms with Crippen molar-refractivity contribution in [3.63, 3.8) is 0 Å². The van der Waals surface area contributed by atoms with Crippen LogP contribution in [0.4, 0.5) is 14.5 Å². The van der Waals surface area contributed by atoms with Crippen molar-refractivity contribution < 1.29 is 13.6 Å². The lowest BCUT2D eigenvalue weighted by atomic mass is 10.2. The van der Waals surface area contributed by atoms with Gasteiger partial charge in [-0.3, -0.25) is 4.79 Å². The van der Waals surface area contributed by atoms with Gasteiger partial charge in [-0.05, 0) is 46.9 Å². The van der Waals surface area contributed by atoms with Gasteiger partial charge in [0.2, 0.25) is 0 Å². The molecule has 0 radical (unpaired) electrons. The minimum Gasteiger partial charge on any atom is -0.318 e. The molecule has 0 saturated carbocycles. The molecule has 2 rings (SSSR count). The Morgan fingerprint density at radius 2 is 1.95 bits per heavy atom. The van der Waals surface area contributed by atoms with Gasteiger partial charge in [-0.25, -0.2) is 8.78 Å². The number of halogens is 4. The molecule has 0 spiro atoms. The summed E-state index contributed by atoms with van der Waals surface area (Å²) in [6, 6.07) is 8.37. The van der Waals surface area contributed by atoms with E-state index in [2.05, 4.69) is 27.9 Å². The van der Waals surface area contributed by atoms with Crippen molar-refractivity contribution in [1.29, 1.82) is 0 Å². The highest BCUT2D eigenvalue weighted by Crippen LogP contribution is 2.26. The van der Waals surface area contributed by atoms with Crippen LogP contribution in [0, 0.1) is 15.2 Å². The molecule has 0 saturated heterocycles. The van der Waals surface area contributed by atoms with Crippen LogP contribution in [0.5, 0.6) is 0 Å². The molecule has 0 heterocycles. The number of carbonyl (C=O) groups excluding carboxylic acids is 1. The van der Waals surface area contributed by atoms with Crippen molar-refractivity contribution in [1.82, 2.24) is 0 Å². The second kappa shape index (κ2) is 5.83. The van der Waals surface area contributed by atoms with Crippen molar-refractivity contribution in [2.45, 2.75) is 0 Å². The van der Waals surface area contributed by atoms with Crippen LogP contribution in [0.1, 0.15) is 10.4 Å². The monoisotopic (exact) mass is 393 g/mol. The molecular formula is C13H7ClF2INO. The lowest BCUT2D eigenvalue weighted by Gasteiger charge is -2.08. The fourth-order valence-electron chi connectivity index (χ4n) is 1.48. The zero-order valence-electron chi connectivity index (χ0n) is 9.38. The molecule has 1 amide bonds. The van der Waals surface area contributed by atoms with Crippen LogP contribution < -0.4 is 5.32 Å². The maximum absolute atomic E-state index is 13.5. The molecule has 98 valence electrons. The molecule has 0 atom stereocenters. The summed E-state index contributed by atoms with van der Waals surface area (Å²) >= 11 is 7.76. The third-order valence-electron chi connectivity index (χ3n) is 2.33. The minimum atomic E-state index is -0.913. The molecule has 1 N–H and O–H groups in total. The average molecular weight is 394 g/mol. The molecule has 0 unspecified atom stereocenters. The van der Waals surface area contributed by atoms with E-state index in [4.69, 9.17) is 11.6 Å². The summed E-state index contributed by atoms with van der Waals surface area (Å²) in [7, 11) is 0. The summed E-state index contributed by atoms with van der Waals surface area (Å²) in [6.07, 6.45) is 0. The van der Waals surface area contributed by atoms with Crippen molar-refractivity contribution in [3.8, 4) is 0 Å². The van der Waals surface area contributed by atoms with Crippen molar-refractivity contribution in [2.24, 2.45) is 0 Å². The molecule has 19 heavy (non-hydrogen) atoms. The Balaban J connectivity index is 2.29. The summed E-state index contributed by atoms with van der Waals surface area (Å²) < 4.78 is 27.3. The molecule has 6 heteroatoms. The largest absolute Gasteiger partial charge is 0.318 e. The maximum atomic E-state index is 13.5. The van der Waals surface area contributed by atoms with Crippen molar-refractivity contribution in [3.05, 3.63) is 62.2 Å². The number of amides is 1. The SMILES string of the molecule is O=C(Nc1c(F)cc(F)cc1Cl)c1cccc(I)c1. The Bertz CT molecular complexity index is 625. The Morgan fingerprint density at radius 3 is 2.58 bits per heavy atom. The second-order valence-corrected chi connectivity index (χ2v) is 5.36. The van der Waals surface area contributed by atoms with Crippen LogP contribution in [0.2, 0.25) is 5.02 Å². The molecule has 2 nitrogen and oxygen atoms in total. The lowest BCUT2D eigenvalue weighted by molar-refractivity contribution is 0.102. The predicted molar refractivity (Wildman–Crippen MR) is 78.5 cm³/mol. The molecule has 0 fully saturated rings. The Labute approximate surface area is 126 Å². The molecule has 0 aliphatic heterocycles. The van der Waals surface area contributed by atoms with E-state index in [1.165, 1.54) is 0 Å². The first-order valence-electron chi connectivity index (χ1n) is 5.19. The van der Waals surface area contributed by atoms with Crippen molar-refractivity contribution >= 4 is 45.8 Å². The normalized spacial score (nSPS) is 10.3. The fourth-order valence-corrected chi connectivity index (χ4v) is 2.26. The van der Waals surface area contributed by atoms with Gasteiger partial charge in [0, 0.05) is 15.2 Å². The minimum absolute atomic E-state index is 0.184. The van der Waals surface area contributed by atoms with E-state index < -0.39 is 17.5 Å². The first-order chi connectivity index (χ1) is 8.97.